The van der Waals surface area contributed by atoms with E-state index in [9.17, 15) is 0 Å². The van der Waals surface area contributed by atoms with Crippen molar-refractivity contribution in [3.05, 3.63) is 237 Å². The van der Waals surface area contributed by atoms with Gasteiger partial charge in [0.05, 0.1) is 5.69 Å². The van der Waals surface area contributed by atoms with Gasteiger partial charge in [0, 0.05) is 16.9 Å². The molecule has 0 radical (unpaired) electrons. The lowest BCUT2D eigenvalue weighted by Crippen LogP contribution is -2.11. The van der Waals surface area contributed by atoms with Gasteiger partial charge in [0.15, 0.2) is 0 Å². The van der Waals surface area contributed by atoms with Gasteiger partial charge in [-0.1, -0.05) is 200 Å². The summed E-state index contributed by atoms with van der Waals surface area (Å²) in [5.41, 5.74) is 17.6. The van der Waals surface area contributed by atoms with E-state index in [1.54, 1.807) is 0 Å². The molecule has 0 aliphatic carbocycles. The van der Waals surface area contributed by atoms with Gasteiger partial charge in [-0.3, -0.25) is 0 Å². The molecule has 0 aliphatic rings. The van der Waals surface area contributed by atoms with Crippen molar-refractivity contribution in [1.29, 1.82) is 0 Å². The second-order valence-electron chi connectivity index (χ2n) is 13.7. The first-order chi connectivity index (χ1) is 27.3. The van der Waals surface area contributed by atoms with Crippen molar-refractivity contribution in [2.45, 2.75) is 0 Å². The van der Waals surface area contributed by atoms with Gasteiger partial charge < -0.3 is 4.90 Å². The molecule has 1 nitrogen and oxygen atoms in total. The van der Waals surface area contributed by atoms with E-state index in [4.69, 9.17) is 0 Å². The summed E-state index contributed by atoms with van der Waals surface area (Å²) in [5.74, 6) is 0. The maximum absolute atomic E-state index is 2.41. The van der Waals surface area contributed by atoms with E-state index in [0.717, 1.165) is 28.2 Å². The Kier molecular flexibility index (Phi) is 9.41. The molecule has 0 fully saturated rings. The Bertz CT molecular complexity index is 2650. The van der Waals surface area contributed by atoms with Crippen molar-refractivity contribution in [1.82, 2.24) is 0 Å². The first-order valence-electron chi connectivity index (χ1n) is 18.9. The Morgan fingerprint density at radius 2 is 0.509 bits per heavy atom. The zero-order valence-electron chi connectivity index (χ0n) is 30.5. The summed E-state index contributed by atoms with van der Waals surface area (Å²) in [6.07, 6.45) is 0. The second kappa shape index (κ2) is 15.4. The lowest BCUT2D eigenvalue weighted by molar-refractivity contribution is 1.28. The van der Waals surface area contributed by atoms with Gasteiger partial charge in [0.25, 0.3) is 0 Å². The van der Waals surface area contributed by atoms with Crippen LogP contribution in [0.15, 0.2) is 237 Å². The highest BCUT2D eigenvalue weighted by atomic mass is 15.1. The summed E-state index contributed by atoms with van der Waals surface area (Å²) in [4.78, 5) is 2.41. The molecule has 0 heterocycles. The maximum Gasteiger partial charge on any atom is 0.0546 e. The number of hydrogen-bond acceptors (Lipinski definition) is 1. The molecule has 9 aromatic carbocycles. The molecule has 9 rings (SSSR count). The summed E-state index contributed by atoms with van der Waals surface area (Å²) in [6.45, 7) is 0. The van der Waals surface area contributed by atoms with Crippen LogP contribution in [0.25, 0.3) is 66.8 Å². The third-order valence-electron chi connectivity index (χ3n) is 10.3. The van der Waals surface area contributed by atoms with Crippen LogP contribution in [0.4, 0.5) is 17.1 Å². The van der Waals surface area contributed by atoms with Crippen LogP contribution in [0, 0.1) is 0 Å². The van der Waals surface area contributed by atoms with E-state index in [2.05, 4.69) is 241 Å². The third-order valence-corrected chi connectivity index (χ3v) is 10.3. The van der Waals surface area contributed by atoms with Crippen molar-refractivity contribution in [2.24, 2.45) is 0 Å². The molecular formula is C54H39N. The van der Waals surface area contributed by atoms with Crippen LogP contribution in [0.3, 0.4) is 0 Å². The number of anilines is 3. The first kappa shape index (κ1) is 33.6. The average Bonchev–Trinajstić information content (AvgIpc) is 3.28. The highest BCUT2D eigenvalue weighted by Gasteiger charge is 2.22. The topological polar surface area (TPSA) is 3.24 Å². The summed E-state index contributed by atoms with van der Waals surface area (Å²) in [5, 5.41) is 0. The fourth-order valence-corrected chi connectivity index (χ4v) is 7.69. The van der Waals surface area contributed by atoms with Gasteiger partial charge in [-0.2, -0.15) is 0 Å². The van der Waals surface area contributed by atoms with Gasteiger partial charge in [0.2, 0.25) is 0 Å². The quantitative estimate of drug-likeness (QED) is 0.145. The molecule has 0 atom stereocenters. The summed E-state index contributed by atoms with van der Waals surface area (Å²) < 4.78 is 0. The van der Waals surface area contributed by atoms with Gasteiger partial charge in [-0.25, -0.2) is 0 Å². The summed E-state index contributed by atoms with van der Waals surface area (Å²) >= 11 is 0. The Labute approximate surface area is 324 Å². The van der Waals surface area contributed by atoms with Crippen molar-refractivity contribution < 1.29 is 0 Å². The van der Waals surface area contributed by atoms with E-state index in [1.807, 2.05) is 0 Å². The fourth-order valence-electron chi connectivity index (χ4n) is 7.69. The fraction of sp³-hybridized carbons (Fsp3) is 0. The molecule has 55 heavy (non-hydrogen) atoms. The normalized spacial score (nSPS) is 10.9. The van der Waals surface area contributed by atoms with Gasteiger partial charge in [-0.05, 0) is 97.6 Å². The standard InChI is InChI=1S/C54H39N/c1-6-20-40(21-7-1)47-30-16-18-32-49(47)50-33-19-17-31-48(50)44-34-36-46(37-35-44)55(45-28-14-5-15-29-45)54-39-52(42-24-10-3-11-25-42)51(41-22-8-2-9-23-41)38-53(54)43-26-12-4-13-27-43/h1-39H. The van der Waals surface area contributed by atoms with Crippen molar-refractivity contribution >= 4 is 17.1 Å². The van der Waals surface area contributed by atoms with Crippen molar-refractivity contribution in [2.75, 3.05) is 4.90 Å². The number of rotatable bonds is 9. The Morgan fingerprint density at radius 3 is 0.964 bits per heavy atom. The predicted molar refractivity (Wildman–Crippen MR) is 234 cm³/mol. The first-order valence-corrected chi connectivity index (χ1v) is 18.9. The van der Waals surface area contributed by atoms with Gasteiger partial charge >= 0.3 is 0 Å². The zero-order valence-corrected chi connectivity index (χ0v) is 30.5. The highest BCUT2D eigenvalue weighted by molar-refractivity contribution is 5.98. The maximum atomic E-state index is 2.41. The van der Waals surface area contributed by atoms with Gasteiger partial charge in [-0.15, -0.1) is 0 Å². The van der Waals surface area contributed by atoms with Crippen LogP contribution in [0.5, 0.6) is 0 Å². The molecule has 0 aliphatic heterocycles. The minimum Gasteiger partial charge on any atom is -0.310 e. The molecule has 260 valence electrons. The summed E-state index contributed by atoms with van der Waals surface area (Å²) in [6, 6.07) is 85.0. The molecule has 0 spiro atoms. The molecule has 9 aromatic rings. The Hall–Kier alpha value is -7.22. The second-order valence-corrected chi connectivity index (χ2v) is 13.7. The molecule has 0 unspecified atom stereocenters. The van der Waals surface area contributed by atoms with Crippen LogP contribution >= 0.6 is 0 Å². The largest absolute Gasteiger partial charge is 0.310 e. The van der Waals surface area contributed by atoms with Crippen LogP contribution in [-0.4, -0.2) is 0 Å². The van der Waals surface area contributed by atoms with E-state index in [-0.39, 0.29) is 0 Å². The van der Waals surface area contributed by atoms with Crippen LogP contribution in [0.2, 0.25) is 0 Å². The van der Waals surface area contributed by atoms with Crippen LogP contribution in [-0.2, 0) is 0 Å². The third kappa shape index (κ3) is 6.88. The van der Waals surface area contributed by atoms with E-state index in [0.29, 0.717) is 0 Å². The molecule has 0 saturated carbocycles. The Balaban J connectivity index is 1.22. The van der Waals surface area contributed by atoms with E-state index in [1.165, 1.54) is 55.6 Å². The monoisotopic (exact) mass is 701 g/mol. The number of hydrogen-bond donors (Lipinski definition) is 0. The van der Waals surface area contributed by atoms with Crippen LogP contribution in [0.1, 0.15) is 0 Å². The number of nitrogens with zero attached hydrogens (tertiary/aromatic N) is 1. The molecule has 0 bridgehead atoms. The number of benzene rings is 9. The number of para-hydroxylation sites is 1. The molecule has 1 heteroatoms. The minimum atomic E-state index is 1.08. The van der Waals surface area contributed by atoms with Crippen molar-refractivity contribution in [3.63, 3.8) is 0 Å². The minimum absolute atomic E-state index is 1.08. The van der Waals surface area contributed by atoms with Gasteiger partial charge in [0.1, 0.15) is 0 Å². The molecule has 0 N–H and O–H groups in total. The average molecular weight is 702 g/mol. The zero-order chi connectivity index (χ0) is 36.8. The van der Waals surface area contributed by atoms with Crippen LogP contribution < -0.4 is 4.90 Å². The van der Waals surface area contributed by atoms with E-state index >= 15 is 0 Å². The molecule has 0 aromatic heterocycles. The lowest BCUT2D eigenvalue weighted by Gasteiger charge is -2.30. The van der Waals surface area contributed by atoms with Crippen molar-refractivity contribution in [3.8, 4) is 66.8 Å². The predicted octanol–water partition coefficient (Wildman–Crippen LogP) is 15.2. The molecule has 0 saturated heterocycles. The molecular weight excluding hydrogens is 663 g/mol. The molecule has 0 amide bonds. The Morgan fingerprint density at radius 1 is 0.200 bits per heavy atom. The smallest absolute Gasteiger partial charge is 0.0546 e. The van der Waals surface area contributed by atoms with E-state index < -0.39 is 0 Å². The summed E-state index contributed by atoms with van der Waals surface area (Å²) in [7, 11) is 0. The lowest BCUT2D eigenvalue weighted by atomic mass is 9.88. The SMILES string of the molecule is c1ccc(-c2cc(-c3ccccc3)c(N(c3ccccc3)c3ccc(-c4ccccc4-c4ccccc4-c4ccccc4)cc3)cc2-c2ccccc2)cc1. The highest BCUT2D eigenvalue weighted by Crippen LogP contribution is 2.47.